The van der Waals surface area contributed by atoms with Crippen molar-refractivity contribution in [2.24, 2.45) is 10.9 Å². The summed E-state index contributed by atoms with van der Waals surface area (Å²) in [5.74, 6) is 0.186. The molecule has 5 nitrogen and oxygen atoms in total. The van der Waals surface area contributed by atoms with Gasteiger partial charge in [-0.1, -0.05) is 13.8 Å². The number of sulfonamides is 1. The number of piperidine rings is 1. The molecule has 0 aromatic carbocycles. The van der Waals surface area contributed by atoms with Gasteiger partial charge in [0, 0.05) is 6.54 Å². The Morgan fingerprint density at radius 1 is 1.44 bits per heavy atom. The van der Waals surface area contributed by atoms with E-state index < -0.39 is 16.2 Å². The van der Waals surface area contributed by atoms with Gasteiger partial charge in [0.2, 0.25) is 16.1 Å². The minimum atomic E-state index is -3.29. The van der Waals surface area contributed by atoms with Crippen LogP contribution in [-0.4, -0.2) is 37.3 Å². The van der Waals surface area contributed by atoms with Gasteiger partial charge in [-0.3, -0.25) is 0 Å². The second kappa shape index (κ2) is 5.57. The van der Waals surface area contributed by atoms with Crippen LogP contribution in [-0.2, 0) is 14.8 Å². The third-order valence-corrected chi connectivity index (χ3v) is 4.75. The number of carbonyl (C=O) groups excluding carboxylic acids is 1. The van der Waals surface area contributed by atoms with E-state index in [1.165, 1.54) is 10.4 Å². The average molecular weight is 246 g/mol. The quantitative estimate of drug-likeness (QED) is 0.551. The normalized spacial score (nSPS) is 23.1. The molecule has 0 aromatic heterocycles. The summed E-state index contributed by atoms with van der Waals surface area (Å²) in [5, 5.41) is 0. The lowest BCUT2D eigenvalue weighted by atomic mass is 10.1. The largest absolute Gasteiger partial charge is 0.236 e. The molecule has 92 valence electrons. The van der Waals surface area contributed by atoms with E-state index in [-0.39, 0.29) is 11.7 Å². The Balaban J connectivity index is 2.86. The summed E-state index contributed by atoms with van der Waals surface area (Å²) >= 11 is 0. The molecule has 1 saturated heterocycles. The number of isocyanates is 1. The second-order valence-corrected chi connectivity index (χ2v) is 6.45. The van der Waals surface area contributed by atoms with E-state index >= 15 is 0 Å². The SMILES string of the molecule is CC(C)CS(=O)(=O)N1CCCCC1N=C=O. The van der Waals surface area contributed by atoms with Gasteiger partial charge in [-0.25, -0.2) is 13.2 Å². The lowest BCUT2D eigenvalue weighted by molar-refractivity contribution is 0.258. The Hall–Kier alpha value is -0.710. The van der Waals surface area contributed by atoms with E-state index in [0.717, 1.165) is 12.8 Å². The molecule has 0 aromatic rings. The molecule has 0 saturated carbocycles. The molecule has 1 rings (SSSR count). The van der Waals surface area contributed by atoms with Gasteiger partial charge in [-0.15, -0.1) is 0 Å². The van der Waals surface area contributed by atoms with E-state index in [9.17, 15) is 13.2 Å². The Labute approximate surface area is 96.6 Å². The van der Waals surface area contributed by atoms with Crippen molar-refractivity contribution in [3.8, 4) is 0 Å². The predicted octanol–water partition coefficient (Wildman–Crippen LogP) is 1.12. The van der Waals surface area contributed by atoms with Gasteiger partial charge in [0.05, 0.1) is 5.75 Å². The van der Waals surface area contributed by atoms with Crippen LogP contribution in [0.15, 0.2) is 4.99 Å². The van der Waals surface area contributed by atoms with E-state index in [0.29, 0.717) is 13.0 Å². The summed E-state index contributed by atoms with van der Waals surface area (Å²) in [7, 11) is -3.29. The summed E-state index contributed by atoms with van der Waals surface area (Å²) in [6.45, 7) is 4.18. The average Bonchev–Trinajstić information content (AvgIpc) is 2.17. The molecule has 1 fully saturated rings. The van der Waals surface area contributed by atoms with Crippen LogP contribution in [0.2, 0.25) is 0 Å². The molecule has 0 N–H and O–H groups in total. The highest BCUT2D eigenvalue weighted by atomic mass is 32.2. The first-order valence-corrected chi connectivity index (χ1v) is 7.15. The van der Waals surface area contributed by atoms with Gasteiger partial charge in [0.1, 0.15) is 6.17 Å². The van der Waals surface area contributed by atoms with E-state index in [4.69, 9.17) is 0 Å². The van der Waals surface area contributed by atoms with Gasteiger partial charge in [-0.2, -0.15) is 9.30 Å². The number of rotatable bonds is 4. The molecule has 6 heteroatoms. The number of hydrogen-bond acceptors (Lipinski definition) is 4. The van der Waals surface area contributed by atoms with Crippen LogP contribution >= 0.6 is 0 Å². The minimum Gasteiger partial charge on any atom is -0.212 e. The van der Waals surface area contributed by atoms with Gasteiger partial charge < -0.3 is 0 Å². The van der Waals surface area contributed by atoms with Gasteiger partial charge in [0.15, 0.2) is 0 Å². The molecule has 16 heavy (non-hydrogen) atoms. The predicted molar refractivity (Wildman–Crippen MR) is 61.1 cm³/mol. The molecule has 1 aliphatic rings. The van der Waals surface area contributed by atoms with Crippen molar-refractivity contribution in [3.05, 3.63) is 0 Å². The molecular weight excluding hydrogens is 228 g/mol. The third kappa shape index (κ3) is 3.40. The van der Waals surface area contributed by atoms with Crippen LogP contribution < -0.4 is 0 Å². The maximum atomic E-state index is 12.0. The summed E-state index contributed by atoms with van der Waals surface area (Å²) < 4.78 is 25.4. The van der Waals surface area contributed by atoms with Crippen LogP contribution in [0.4, 0.5) is 0 Å². The Morgan fingerprint density at radius 3 is 2.69 bits per heavy atom. The Kier molecular flexibility index (Phi) is 4.65. The molecular formula is C10H18N2O3S. The van der Waals surface area contributed by atoms with Crippen molar-refractivity contribution in [1.29, 1.82) is 0 Å². The standard InChI is InChI=1S/C10H18N2O3S/c1-9(2)7-16(14,15)12-6-4-3-5-10(12)11-8-13/h9-10H,3-7H2,1-2H3. The topological polar surface area (TPSA) is 66.8 Å². The first kappa shape index (κ1) is 13.4. The lowest BCUT2D eigenvalue weighted by Crippen LogP contribution is -2.44. The van der Waals surface area contributed by atoms with Crippen molar-refractivity contribution >= 4 is 16.1 Å². The van der Waals surface area contributed by atoms with Gasteiger partial charge in [-0.05, 0) is 25.2 Å². The van der Waals surface area contributed by atoms with Crippen LogP contribution in [0.3, 0.4) is 0 Å². The molecule has 1 atom stereocenters. The first-order valence-electron chi connectivity index (χ1n) is 5.54. The summed E-state index contributed by atoms with van der Waals surface area (Å²) in [6, 6.07) is 0. The molecule has 0 aliphatic carbocycles. The van der Waals surface area contributed by atoms with Crippen LogP contribution in [0.25, 0.3) is 0 Å². The van der Waals surface area contributed by atoms with Crippen LogP contribution in [0, 0.1) is 5.92 Å². The smallest absolute Gasteiger partial charge is 0.212 e. The van der Waals surface area contributed by atoms with Crippen LogP contribution in [0.5, 0.6) is 0 Å². The van der Waals surface area contributed by atoms with E-state index in [1.54, 1.807) is 0 Å². The number of hydrogen-bond donors (Lipinski definition) is 0. The Bertz CT molecular complexity index is 372. The molecule has 1 unspecified atom stereocenters. The maximum absolute atomic E-state index is 12.0. The zero-order chi connectivity index (χ0) is 12.2. The molecule has 1 aliphatic heterocycles. The van der Waals surface area contributed by atoms with Crippen molar-refractivity contribution in [1.82, 2.24) is 4.31 Å². The zero-order valence-electron chi connectivity index (χ0n) is 9.72. The lowest BCUT2D eigenvalue weighted by Gasteiger charge is -2.31. The van der Waals surface area contributed by atoms with Crippen molar-refractivity contribution in [2.45, 2.75) is 39.3 Å². The highest BCUT2D eigenvalue weighted by Crippen LogP contribution is 2.22. The maximum Gasteiger partial charge on any atom is 0.236 e. The monoisotopic (exact) mass is 246 g/mol. The number of aliphatic imine (C=N–C) groups is 1. The van der Waals surface area contributed by atoms with Crippen molar-refractivity contribution in [2.75, 3.05) is 12.3 Å². The van der Waals surface area contributed by atoms with Gasteiger partial charge in [0.25, 0.3) is 0 Å². The summed E-state index contributed by atoms with van der Waals surface area (Å²) in [5.41, 5.74) is 0. The second-order valence-electron chi connectivity index (χ2n) is 4.48. The fourth-order valence-electron chi connectivity index (χ4n) is 1.92. The zero-order valence-corrected chi connectivity index (χ0v) is 10.5. The molecule has 0 spiro atoms. The highest BCUT2D eigenvalue weighted by molar-refractivity contribution is 7.89. The minimum absolute atomic E-state index is 0.0767. The van der Waals surface area contributed by atoms with Gasteiger partial charge >= 0.3 is 0 Å². The molecule has 1 heterocycles. The van der Waals surface area contributed by atoms with E-state index in [2.05, 4.69) is 4.99 Å². The van der Waals surface area contributed by atoms with Crippen LogP contribution in [0.1, 0.15) is 33.1 Å². The molecule has 0 amide bonds. The molecule has 0 bridgehead atoms. The molecule has 0 radical (unpaired) electrons. The van der Waals surface area contributed by atoms with E-state index in [1.807, 2.05) is 13.8 Å². The summed E-state index contributed by atoms with van der Waals surface area (Å²) in [4.78, 5) is 13.8. The van der Waals surface area contributed by atoms with Crippen molar-refractivity contribution < 1.29 is 13.2 Å². The fourth-order valence-corrected chi connectivity index (χ4v) is 3.88. The van der Waals surface area contributed by atoms with Crippen molar-refractivity contribution in [3.63, 3.8) is 0 Å². The Morgan fingerprint density at radius 2 is 2.12 bits per heavy atom. The summed E-state index contributed by atoms with van der Waals surface area (Å²) in [6.07, 6.45) is 3.29. The number of nitrogens with zero attached hydrogens (tertiary/aromatic N) is 2. The third-order valence-electron chi connectivity index (χ3n) is 2.53. The highest BCUT2D eigenvalue weighted by Gasteiger charge is 2.32. The first-order chi connectivity index (χ1) is 7.47. The fraction of sp³-hybridized carbons (Fsp3) is 0.900.